The van der Waals surface area contributed by atoms with Gasteiger partial charge in [-0.25, -0.2) is 9.88 Å². The molecule has 0 radical (unpaired) electrons. The average Bonchev–Trinajstić information content (AvgIpc) is 2.62. The van der Waals surface area contributed by atoms with Crippen molar-refractivity contribution < 1.29 is 9.59 Å². The zero-order chi connectivity index (χ0) is 17.8. The maximum Gasteiger partial charge on any atom is 0.266 e. The van der Waals surface area contributed by atoms with Gasteiger partial charge >= 0.3 is 0 Å². The minimum Gasteiger partial charge on any atom is -0.268 e. The topological polar surface area (TPSA) is 50.3 Å². The Labute approximate surface area is 146 Å². The van der Waals surface area contributed by atoms with Crippen molar-refractivity contribution in [3.63, 3.8) is 0 Å². The second kappa shape index (κ2) is 7.09. The first-order valence-corrected chi connectivity index (χ1v) is 7.99. The van der Waals surface area contributed by atoms with E-state index in [2.05, 4.69) is 4.98 Å². The van der Waals surface area contributed by atoms with Gasteiger partial charge in [0.15, 0.2) is 0 Å². The highest BCUT2D eigenvalue weighted by Gasteiger charge is 2.27. The molecule has 0 unspecified atom stereocenters. The number of aryl methyl sites for hydroxylation is 2. The summed E-state index contributed by atoms with van der Waals surface area (Å²) in [5.41, 5.74) is 2.81. The zero-order valence-electron chi connectivity index (χ0n) is 14.1. The lowest BCUT2D eigenvalue weighted by Gasteiger charge is -2.20. The van der Waals surface area contributed by atoms with Crippen molar-refractivity contribution in [2.75, 3.05) is 4.90 Å². The van der Waals surface area contributed by atoms with E-state index in [0.717, 1.165) is 16.0 Å². The smallest absolute Gasteiger partial charge is 0.266 e. The van der Waals surface area contributed by atoms with Crippen LogP contribution in [0.4, 0.5) is 5.82 Å². The molecule has 0 spiro atoms. The van der Waals surface area contributed by atoms with Gasteiger partial charge in [0.2, 0.25) is 0 Å². The SMILES string of the molecule is Cc1cccc(C(=O)N(C(=O)c2cccc(C)c2)c2ccccn2)c1. The Hall–Kier alpha value is -3.27. The molecule has 124 valence electrons. The van der Waals surface area contributed by atoms with E-state index >= 15 is 0 Å². The normalized spacial score (nSPS) is 10.3. The lowest BCUT2D eigenvalue weighted by Crippen LogP contribution is -2.37. The van der Waals surface area contributed by atoms with E-state index in [1.807, 2.05) is 26.0 Å². The standard InChI is InChI=1S/C21H18N2O2/c1-15-7-5-9-17(13-15)20(24)23(19-11-3-4-12-22-19)21(25)18-10-6-8-16(2)14-18/h3-14H,1-2H3. The highest BCUT2D eigenvalue weighted by atomic mass is 16.2. The average molecular weight is 330 g/mol. The van der Waals surface area contributed by atoms with Crippen LogP contribution in [0.5, 0.6) is 0 Å². The summed E-state index contributed by atoms with van der Waals surface area (Å²) in [5.74, 6) is -0.483. The summed E-state index contributed by atoms with van der Waals surface area (Å²) < 4.78 is 0. The molecule has 0 saturated carbocycles. The van der Waals surface area contributed by atoms with Crippen LogP contribution in [0.2, 0.25) is 0 Å². The van der Waals surface area contributed by atoms with E-state index in [-0.39, 0.29) is 0 Å². The summed E-state index contributed by atoms with van der Waals surface area (Å²) in [6, 6.07) is 19.5. The third-order valence-electron chi connectivity index (χ3n) is 3.81. The number of anilines is 1. The molecule has 2 aromatic carbocycles. The maximum atomic E-state index is 13.1. The number of imide groups is 1. The first-order valence-electron chi connectivity index (χ1n) is 7.99. The van der Waals surface area contributed by atoms with E-state index < -0.39 is 11.8 Å². The van der Waals surface area contributed by atoms with Gasteiger partial charge in [-0.15, -0.1) is 0 Å². The predicted molar refractivity (Wildman–Crippen MR) is 97.7 cm³/mol. The van der Waals surface area contributed by atoms with E-state index in [9.17, 15) is 9.59 Å². The summed E-state index contributed by atoms with van der Waals surface area (Å²) in [7, 11) is 0. The molecule has 3 aromatic rings. The number of amides is 2. The van der Waals surface area contributed by atoms with Crippen molar-refractivity contribution in [3.8, 4) is 0 Å². The first kappa shape index (κ1) is 16.6. The number of carbonyl (C=O) groups excluding carboxylic acids is 2. The number of pyridine rings is 1. The third-order valence-corrected chi connectivity index (χ3v) is 3.81. The van der Waals surface area contributed by atoms with E-state index in [0.29, 0.717) is 16.9 Å². The Morgan fingerprint density at radius 3 is 1.76 bits per heavy atom. The van der Waals surface area contributed by atoms with Crippen molar-refractivity contribution in [2.45, 2.75) is 13.8 Å². The lowest BCUT2D eigenvalue weighted by molar-refractivity contribution is 0.0896. The van der Waals surface area contributed by atoms with Crippen molar-refractivity contribution >= 4 is 17.6 Å². The summed E-state index contributed by atoms with van der Waals surface area (Å²) in [5, 5.41) is 0. The molecule has 0 atom stereocenters. The Kier molecular flexibility index (Phi) is 4.70. The number of hydrogen-bond donors (Lipinski definition) is 0. The van der Waals surface area contributed by atoms with Gasteiger partial charge in [0.05, 0.1) is 0 Å². The van der Waals surface area contributed by atoms with Crippen molar-refractivity contribution in [1.29, 1.82) is 0 Å². The highest BCUT2D eigenvalue weighted by Crippen LogP contribution is 2.19. The Balaban J connectivity index is 2.07. The van der Waals surface area contributed by atoms with Gasteiger partial charge in [-0.2, -0.15) is 0 Å². The van der Waals surface area contributed by atoms with Crippen LogP contribution in [0.1, 0.15) is 31.8 Å². The van der Waals surface area contributed by atoms with Crippen LogP contribution in [-0.4, -0.2) is 16.8 Å². The zero-order valence-corrected chi connectivity index (χ0v) is 14.1. The van der Waals surface area contributed by atoms with Gasteiger partial charge in [-0.3, -0.25) is 9.59 Å². The molecular weight excluding hydrogens is 312 g/mol. The quantitative estimate of drug-likeness (QED) is 0.677. The second-order valence-electron chi connectivity index (χ2n) is 5.87. The fourth-order valence-corrected chi connectivity index (χ4v) is 2.60. The number of hydrogen-bond acceptors (Lipinski definition) is 3. The van der Waals surface area contributed by atoms with Crippen LogP contribution >= 0.6 is 0 Å². The summed E-state index contributed by atoms with van der Waals surface area (Å²) in [6.07, 6.45) is 1.56. The number of nitrogens with zero attached hydrogens (tertiary/aromatic N) is 2. The highest BCUT2D eigenvalue weighted by molar-refractivity contribution is 6.25. The van der Waals surface area contributed by atoms with Gasteiger partial charge in [0.1, 0.15) is 5.82 Å². The van der Waals surface area contributed by atoms with Crippen LogP contribution in [-0.2, 0) is 0 Å². The van der Waals surface area contributed by atoms with Crippen molar-refractivity contribution in [3.05, 3.63) is 95.2 Å². The fraction of sp³-hybridized carbons (Fsp3) is 0.0952. The van der Waals surface area contributed by atoms with Crippen LogP contribution in [0, 0.1) is 13.8 Å². The Morgan fingerprint density at radius 1 is 0.760 bits per heavy atom. The van der Waals surface area contributed by atoms with Gasteiger partial charge < -0.3 is 0 Å². The van der Waals surface area contributed by atoms with Crippen LogP contribution in [0.25, 0.3) is 0 Å². The molecule has 0 fully saturated rings. The number of aromatic nitrogens is 1. The predicted octanol–water partition coefficient (Wildman–Crippen LogP) is 4.19. The molecule has 1 aromatic heterocycles. The lowest BCUT2D eigenvalue weighted by atomic mass is 10.1. The molecule has 0 bridgehead atoms. The Bertz CT molecular complexity index is 862. The van der Waals surface area contributed by atoms with Crippen LogP contribution in [0.15, 0.2) is 72.9 Å². The number of rotatable bonds is 3. The van der Waals surface area contributed by atoms with Crippen LogP contribution in [0.3, 0.4) is 0 Å². The van der Waals surface area contributed by atoms with E-state index in [1.165, 1.54) is 0 Å². The number of benzene rings is 2. The van der Waals surface area contributed by atoms with Crippen molar-refractivity contribution in [1.82, 2.24) is 4.98 Å². The van der Waals surface area contributed by atoms with Gasteiger partial charge in [-0.1, -0.05) is 41.5 Å². The van der Waals surface area contributed by atoms with E-state index in [1.54, 1.807) is 60.8 Å². The molecule has 4 nitrogen and oxygen atoms in total. The first-order chi connectivity index (χ1) is 12.1. The molecule has 0 aliphatic carbocycles. The monoisotopic (exact) mass is 330 g/mol. The van der Waals surface area contributed by atoms with Crippen LogP contribution < -0.4 is 4.90 Å². The number of carbonyl (C=O) groups is 2. The Morgan fingerprint density at radius 2 is 1.32 bits per heavy atom. The molecule has 3 rings (SSSR count). The summed E-state index contributed by atoms with van der Waals surface area (Å²) >= 11 is 0. The molecule has 1 heterocycles. The van der Waals surface area contributed by atoms with Gasteiger partial charge in [-0.05, 0) is 50.2 Å². The molecular formula is C21H18N2O2. The van der Waals surface area contributed by atoms with E-state index in [4.69, 9.17) is 0 Å². The fourth-order valence-electron chi connectivity index (χ4n) is 2.60. The largest absolute Gasteiger partial charge is 0.268 e. The molecule has 0 aliphatic rings. The summed E-state index contributed by atoms with van der Waals surface area (Å²) in [6.45, 7) is 3.81. The van der Waals surface area contributed by atoms with Crippen molar-refractivity contribution in [2.24, 2.45) is 0 Å². The second-order valence-corrected chi connectivity index (χ2v) is 5.87. The molecule has 25 heavy (non-hydrogen) atoms. The minimum absolute atomic E-state index is 0.306. The molecule has 0 aliphatic heterocycles. The summed E-state index contributed by atoms with van der Waals surface area (Å²) in [4.78, 5) is 31.5. The third kappa shape index (κ3) is 3.63. The maximum absolute atomic E-state index is 13.1. The molecule has 2 amide bonds. The molecule has 0 saturated heterocycles. The molecule has 4 heteroatoms. The molecule has 0 N–H and O–H groups in total. The minimum atomic E-state index is -0.395. The van der Waals surface area contributed by atoms with Gasteiger partial charge in [0, 0.05) is 17.3 Å². The van der Waals surface area contributed by atoms with Gasteiger partial charge in [0.25, 0.3) is 11.8 Å².